The summed E-state index contributed by atoms with van der Waals surface area (Å²) in [7, 11) is 0. The van der Waals surface area contributed by atoms with E-state index >= 15 is 0 Å². The molecule has 1 N–H and O–H groups in total. The first-order valence-corrected chi connectivity index (χ1v) is 8.44. The van der Waals surface area contributed by atoms with Crippen molar-refractivity contribution in [3.8, 4) is 0 Å². The summed E-state index contributed by atoms with van der Waals surface area (Å²) in [6.45, 7) is 6.79. The normalized spacial score (nSPS) is 27.5. The first-order valence-electron chi connectivity index (χ1n) is 7.24. The van der Waals surface area contributed by atoms with Crippen molar-refractivity contribution in [2.75, 3.05) is 0 Å². The molecule has 3 unspecified atom stereocenters. The van der Waals surface area contributed by atoms with Crippen molar-refractivity contribution < 1.29 is 9.90 Å². The Morgan fingerprint density at radius 2 is 2.10 bits per heavy atom. The summed E-state index contributed by atoms with van der Waals surface area (Å²) in [5, 5.41) is 9.46. The van der Waals surface area contributed by atoms with Crippen LogP contribution in [0.3, 0.4) is 0 Å². The summed E-state index contributed by atoms with van der Waals surface area (Å²) >= 11 is 7.56. The van der Waals surface area contributed by atoms with Crippen molar-refractivity contribution in [1.29, 1.82) is 0 Å². The van der Waals surface area contributed by atoms with Gasteiger partial charge in [-0.25, -0.2) is 0 Å². The fraction of sp³-hybridized carbons (Fsp3) is 0.688. The maximum Gasteiger partial charge on any atom is 0.306 e. The molecule has 1 fully saturated rings. The molecular formula is C16H23ClO2S. The maximum absolute atomic E-state index is 11.5. The molecule has 4 heteroatoms. The van der Waals surface area contributed by atoms with E-state index < -0.39 is 5.97 Å². The summed E-state index contributed by atoms with van der Waals surface area (Å²) in [6, 6.07) is 3.94. The highest BCUT2D eigenvalue weighted by atomic mass is 35.5. The van der Waals surface area contributed by atoms with Crippen LogP contribution >= 0.6 is 22.9 Å². The van der Waals surface area contributed by atoms with Gasteiger partial charge in [-0.2, -0.15) is 0 Å². The topological polar surface area (TPSA) is 37.3 Å². The number of hydrogen-bond acceptors (Lipinski definition) is 2. The van der Waals surface area contributed by atoms with E-state index in [2.05, 4.69) is 20.8 Å². The number of aliphatic carboxylic acids is 1. The summed E-state index contributed by atoms with van der Waals surface area (Å²) in [6.07, 6.45) is 3.69. The molecule has 0 radical (unpaired) electrons. The Kier molecular flexibility index (Phi) is 4.80. The number of carboxylic acid groups (broad SMARTS) is 1. The van der Waals surface area contributed by atoms with Crippen LogP contribution in [0.5, 0.6) is 0 Å². The van der Waals surface area contributed by atoms with Crippen LogP contribution in [0, 0.1) is 23.2 Å². The summed E-state index contributed by atoms with van der Waals surface area (Å²) in [4.78, 5) is 12.7. The molecule has 1 aromatic heterocycles. The van der Waals surface area contributed by atoms with Crippen molar-refractivity contribution in [2.45, 2.75) is 46.5 Å². The van der Waals surface area contributed by atoms with Gasteiger partial charge >= 0.3 is 5.97 Å². The van der Waals surface area contributed by atoms with Crippen molar-refractivity contribution in [3.05, 3.63) is 21.3 Å². The van der Waals surface area contributed by atoms with Gasteiger partial charge in [-0.15, -0.1) is 11.3 Å². The van der Waals surface area contributed by atoms with Gasteiger partial charge in [-0.3, -0.25) is 4.79 Å². The number of carboxylic acids is 1. The van der Waals surface area contributed by atoms with Crippen molar-refractivity contribution in [2.24, 2.45) is 23.2 Å². The summed E-state index contributed by atoms with van der Waals surface area (Å²) < 4.78 is 0.787. The Hall–Kier alpha value is -0.540. The SMILES string of the molecule is CC(C)(C)C1CCC(C(=O)O)C(Cc2ccc(Cl)s2)C1. The van der Waals surface area contributed by atoms with E-state index in [9.17, 15) is 9.90 Å². The van der Waals surface area contributed by atoms with Gasteiger partial charge in [0.2, 0.25) is 0 Å². The van der Waals surface area contributed by atoms with E-state index in [0.29, 0.717) is 5.92 Å². The molecule has 20 heavy (non-hydrogen) atoms. The zero-order valence-corrected chi connectivity index (χ0v) is 13.9. The van der Waals surface area contributed by atoms with Crippen molar-refractivity contribution >= 4 is 28.9 Å². The van der Waals surface area contributed by atoms with Gasteiger partial charge in [-0.05, 0) is 55.1 Å². The average molecular weight is 315 g/mol. The fourth-order valence-electron chi connectivity index (χ4n) is 3.32. The minimum Gasteiger partial charge on any atom is -0.481 e. The Morgan fingerprint density at radius 1 is 1.40 bits per heavy atom. The molecule has 0 aliphatic heterocycles. The van der Waals surface area contributed by atoms with Crippen LogP contribution in [0.2, 0.25) is 4.34 Å². The largest absolute Gasteiger partial charge is 0.481 e. The number of carbonyl (C=O) groups is 1. The lowest BCUT2D eigenvalue weighted by atomic mass is 9.65. The van der Waals surface area contributed by atoms with Gasteiger partial charge in [-0.1, -0.05) is 32.4 Å². The molecule has 1 aromatic rings. The lowest BCUT2D eigenvalue weighted by molar-refractivity contribution is -0.146. The van der Waals surface area contributed by atoms with E-state index in [0.717, 1.165) is 30.0 Å². The first kappa shape index (κ1) is 15.8. The molecule has 3 atom stereocenters. The second kappa shape index (κ2) is 6.07. The van der Waals surface area contributed by atoms with Crippen LogP contribution in [0.4, 0.5) is 0 Å². The number of halogens is 1. The third-order valence-corrected chi connectivity index (χ3v) is 5.87. The molecule has 112 valence electrons. The zero-order chi connectivity index (χ0) is 14.9. The molecule has 0 spiro atoms. The lowest BCUT2D eigenvalue weighted by Crippen LogP contribution is -2.36. The summed E-state index contributed by atoms with van der Waals surface area (Å²) in [5.41, 5.74) is 0.259. The quantitative estimate of drug-likeness (QED) is 0.842. The predicted octanol–water partition coefficient (Wildman–Crippen LogP) is 5.11. The van der Waals surface area contributed by atoms with E-state index in [1.807, 2.05) is 12.1 Å². The van der Waals surface area contributed by atoms with Crippen LogP contribution in [-0.2, 0) is 11.2 Å². The third-order valence-electron chi connectivity index (χ3n) is 4.62. The standard InChI is InChI=1S/C16H23ClO2S/c1-16(2,3)11-4-6-13(15(18)19)10(8-11)9-12-5-7-14(17)20-12/h5,7,10-11,13H,4,6,8-9H2,1-3H3,(H,18,19). The summed E-state index contributed by atoms with van der Waals surface area (Å²) in [5.74, 6) is 0.0122. The maximum atomic E-state index is 11.5. The lowest BCUT2D eigenvalue weighted by Gasteiger charge is -2.40. The highest BCUT2D eigenvalue weighted by Crippen LogP contribution is 2.44. The Balaban J connectivity index is 2.12. The number of hydrogen-bond donors (Lipinski definition) is 1. The Bertz CT molecular complexity index is 475. The van der Waals surface area contributed by atoms with Crippen molar-refractivity contribution in [1.82, 2.24) is 0 Å². The molecule has 0 amide bonds. The van der Waals surface area contributed by atoms with Gasteiger partial charge in [0, 0.05) is 4.88 Å². The monoisotopic (exact) mass is 314 g/mol. The van der Waals surface area contributed by atoms with Gasteiger partial charge in [0.1, 0.15) is 0 Å². The Labute approximate surface area is 130 Å². The van der Waals surface area contributed by atoms with Crippen LogP contribution in [-0.4, -0.2) is 11.1 Å². The molecular weight excluding hydrogens is 292 g/mol. The van der Waals surface area contributed by atoms with Crippen LogP contribution in [0.25, 0.3) is 0 Å². The minimum absolute atomic E-state index is 0.200. The number of rotatable bonds is 3. The van der Waals surface area contributed by atoms with E-state index in [4.69, 9.17) is 11.6 Å². The van der Waals surface area contributed by atoms with Crippen LogP contribution in [0.15, 0.2) is 12.1 Å². The first-order chi connectivity index (χ1) is 9.27. The van der Waals surface area contributed by atoms with E-state index in [-0.39, 0.29) is 17.3 Å². The molecule has 1 aliphatic rings. The minimum atomic E-state index is -0.634. The van der Waals surface area contributed by atoms with E-state index in [1.54, 1.807) is 11.3 Å². The molecule has 0 saturated heterocycles. The second-order valence-electron chi connectivity index (χ2n) is 6.99. The molecule has 2 rings (SSSR count). The Morgan fingerprint density at radius 3 is 2.60 bits per heavy atom. The smallest absolute Gasteiger partial charge is 0.306 e. The molecule has 1 saturated carbocycles. The highest BCUT2D eigenvalue weighted by molar-refractivity contribution is 7.16. The fourth-order valence-corrected chi connectivity index (χ4v) is 4.50. The van der Waals surface area contributed by atoms with Crippen LogP contribution < -0.4 is 0 Å². The number of thiophene rings is 1. The molecule has 2 nitrogen and oxygen atoms in total. The molecule has 1 aliphatic carbocycles. The third kappa shape index (κ3) is 3.76. The van der Waals surface area contributed by atoms with Gasteiger partial charge in [0.25, 0.3) is 0 Å². The average Bonchev–Trinajstić information content (AvgIpc) is 2.73. The molecule has 0 aromatic carbocycles. The van der Waals surface area contributed by atoms with E-state index in [1.165, 1.54) is 4.88 Å². The predicted molar refractivity (Wildman–Crippen MR) is 84.4 cm³/mol. The zero-order valence-electron chi connectivity index (χ0n) is 12.4. The van der Waals surface area contributed by atoms with Crippen LogP contribution in [0.1, 0.15) is 44.9 Å². The van der Waals surface area contributed by atoms with Gasteiger partial charge < -0.3 is 5.11 Å². The second-order valence-corrected chi connectivity index (χ2v) is 8.79. The molecule has 0 bridgehead atoms. The van der Waals surface area contributed by atoms with Gasteiger partial charge in [0.15, 0.2) is 0 Å². The van der Waals surface area contributed by atoms with Crippen molar-refractivity contribution in [3.63, 3.8) is 0 Å². The molecule has 1 heterocycles. The van der Waals surface area contributed by atoms with Gasteiger partial charge in [0.05, 0.1) is 10.3 Å². The highest BCUT2D eigenvalue weighted by Gasteiger charge is 2.39.